The molecule has 6 heteroatoms. The molecule has 126 valence electrons. The highest BCUT2D eigenvalue weighted by Gasteiger charge is 2.61. The Morgan fingerprint density at radius 1 is 1.22 bits per heavy atom. The fourth-order valence-electron chi connectivity index (χ4n) is 2.84. The van der Waals surface area contributed by atoms with E-state index in [0.717, 1.165) is 5.56 Å². The van der Waals surface area contributed by atoms with Crippen molar-refractivity contribution in [2.75, 3.05) is 6.61 Å². The minimum absolute atomic E-state index is 0.0696. The van der Waals surface area contributed by atoms with Crippen LogP contribution >= 0.6 is 0 Å². The van der Waals surface area contributed by atoms with Crippen molar-refractivity contribution < 1.29 is 28.8 Å². The van der Waals surface area contributed by atoms with Crippen molar-refractivity contribution in [1.29, 1.82) is 0 Å². The summed E-state index contributed by atoms with van der Waals surface area (Å²) in [5.41, 5.74) is 0.224. The van der Waals surface area contributed by atoms with Crippen LogP contribution in [0.4, 0.5) is 0 Å². The van der Waals surface area contributed by atoms with Gasteiger partial charge in [-0.15, -0.1) is 0 Å². The lowest BCUT2D eigenvalue weighted by Crippen LogP contribution is -2.48. The van der Waals surface area contributed by atoms with Crippen LogP contribution in [0.3, 0.4) is 0 Å². The van der Waals surface area contributed by atoms with Gasteiger partial charge in [0, 0.05) is 0 Å². The van der Waals surface area contributed by atoms with Crippen molar-refractivity contribution in [2.24, 2.45) is 0 Å². The third-order valence-corrected chi connectivity index (χ3v) is 4.24. The highest BCUT2D eigenvalue weighted by atomic mass is 16.8. The molecule has 2 fully saturated rings. The van der Waals surface area contributed by atoms with Crippen LogP contribution in [0.1, 0.15) is 36.7 Å². The van der Waals surface area contributed by atoms with Crippen LogP contribution < -0.4 is 0 Å². The van der Waals surface area contributed by atoms with Crippen molar-refractivity contribution >= 4 is 5.97 Å². The van der Waals surface area contributed by atoms with Crippen LogP contribution in [0.5, 0.6) is 0 Å². The lowest BCUT2D eigenvalue weighted by Gasteiger charge is -2.29. The Balaban J connectivity index is 1.61. The Bertz CT molecular complexity index is 592. The zero-order valence-electron chi connectivity index (χ0n) is 13.7. The molecule has 3 rings (SSSR count). The monoisotopic (exact) mass is 322 g/mol. The molecule has 0 aliphatic carbocycles. The summed E-state index contributed by atoms with van der Waals surface area (Å²) in [7, 11) is 0. The molecule has 0 saturated carbocycles. The van der Waals surface area contributed by atoms with E-state index < -0.39 is 35.9 Å². The molecule has 1 aromatic rings. The second-order valence-corrected chi connectivity index (χ2v) is 6.74. The van der Waals surface area contributed by atoms with Gasteiger partial charge in [0.2, 0.25) is 0 Å². The average Bonchev–Trinajstić information content (AvgIpc) is 2.89. The molecule has 23 heavy (non-hydrogen) atoms. The summed E-state index contributed by atoms with van der Waals surface area (Å²) in [5.74, 6) is -1.26. The van der Waals surface area contributed by atoms with E-state index in [0.29, 0.717) is 5.56 Å². The Morgan fingerprint density at radius 2 is 1.87 bits per heavy atom. The minimum Gasteiger partial charge on any atom is -0.459 e. The van der Waals surface area contributed by atoms with Crippen LogP contribution in [0.2, 0.25) is 0 Å². The number of esters is 1. The molecule has 4 atom stereocenters. The van der Waals surface area contributed by atoms with Crippen LogP contribution in [0.25, 0.3) is 0 Å². The van der Waals surface area contributed by atoms with Gasteiger partial charge >= 0.3 is 5.97 Å². The molecule has 0 radical (unpaired) electrons. The maximum atomic E-state index is 12.1. The zero-order chi connectivity index (χ0) is 16.8. The minimum atomic E-state index is -1.30. The van der Waals surface area contributed by atoms with Gasteiger partial charge in [0.05, 0.1) is 5.56 Å². The number of aliphatic hydroxyl groups is 1. The van der Waals surface area contributed by atoms with Crippen molar-refractivity contribution in [2.45, 2.75) is 57.6 Å². The quantitative estimate of drug-likeness (QED) is 0.855. The Kier molecular flexibility index (Phi) is 3.96. The number of hydrogen-bond acceptors (Lipinski definition) is 6. The molecule has 1 aromatic carbocycles. The predicted octanol–water partition coefficient (Wildman–Crippen LogP) is 1.78. The molecule has 1 N–H and O–H groups in total. The average molecular weight is 322 g/mol. The van der Waals surface area contributed by atoms with Crippen LogP contribution in [-0.4, -0.2) is 47.6 Å². The van der Waals surface area contributed by atoms with E-state index in [1.54, 1.807) is 32.9 Å². The van der Waals surface area contributed by atoms with E-state index in [4.69, 9.17) is 18.9 Å². The fraction of sp³-hybridized carbons (Fsp3) is 0.588. The Labute approximate surface area is 135 Å². The zero-order valence-corrected chi connectivity index (χ0v) is 13.7. The maximum absolute atomic E-state index is 12.1. The third-order valence-electron chi connectivity index (χ3n) is 4.24. The first-order chi connectivity index (χ1) is 10.7. The summed E-state index contributed by atoms with van der Waals surface area (Å²) >= 11 is 0. The van der Waals surface area contributed by atoms with Crippen molar-refractivity contribution in [3.05, 3.63) is 35.4 Å². The summed E-state index contributed by atoms with van der Waals surface area (Å²) in [6, 6.07) is 7.09. The molecule has 0 spiro atoms. The summed E-state index contributed by atoms with van der Waals surface area (Å²) in [5, 5.41) is 10.7. The number of carbonyl (C=O) groups excluding carboxylic acids is 1. The number of benzene rings is 1. The molecular weight excluding hydrogens is 300 g/mol. The normalized spacial score (nSPS) is 35.1. The van der Waals surface area contributed by atoms with E-state index in [2.05, 4.69) is 0 Å². The molecule has 2 heterocycles. The van der Waals surface area contributed by atoms with E-state index in [-0.39, 0.29) is 6.61 Å². The Hall–Kier alpha value is -1.47. The first-order valence-electron chi connectivity index (χ1n) is 7.66. The van der Waals surface area contributed by atoms with E-state index in [1.807, 2.05) is 19.1 Å². The van der Waals surface area contributed by atoms with Gasteiger partial charge in [-0.3, -0.25) is 0 Å². The van der Waals surface area contributed by atoms with Crippen LogP contribution in [0, 0.1) is 6.92 Å². The number of rotatable bonds is 3. The van der Waals surface area contributed by atoms with Gasteiger partial charge in [0.15, 0.2) is 12.1 Å². The first kappa shape index (κ1) is 16.4. The smallest absolute Gasteiger partial charge is 0.338 e. The van der Waals surface area contributed by atoms with Gasteiger partial charge in [-0.05, 0) is 39.8 Å². The highest BCUT2D eigenvalue weighted by molar-refractivity contribution is 5.89. The number of aryl methyl sites for hydroxylation is 1. The van der Waals surface area contributed by atoms with Gasteiger partial charge in [0.1, 0.15) is 24.4 Å². The summed E-state index contributed by atoms with van der Waals surface area (Å²) < 4.78 is 22.2. The molecule has 0 bridgehead atoms. The Morgan fingerprint density at radius 3 is 2.48 bits per heavy atom. The molecular formula is C17H22O6. The lowest BCUT2D eigenvalue weighted by molar-refractivity contribution is -0.230. The maximum Gasteiger partial charge on any atom is 0.338 e. The standard InChI is InChI=1S/C17H22O6/c1-10-5-7-11(8-6-10)14(18)20-9-12-17(4,19)13-15(21-12)23-16(2,3)22-13/h5-8,12-13,15,19H,9H2,1-4H3/t12-,13+,15-,17-/m1/s1. The molecule has 0 amide bonds. The van der Waals surface area contributed by atoms with Crippen molar-refractivity contribution in [3.63, 3.8) is 0 Å². The second-order valence-electron chi connectivity index (χ2n) is 6.74. The second kappa shape index (κ2) is 5.56. The number of fused-ring (bicyclic) bond motifs is 1. The first-order valence-corrected chi connectivity index (χ1v) is 7.66. The van der Waals surface area contributed by atoms with Crippen molar-refractivity contribution in [3.8, 4) is 0 Å². The predicted molar refractivity (Wildman–Crippen MR) is 80.8 cm³/mol. The largest absolute Gasteiger partial charge is 0.459 e. The number of ether oxygens (including phenoxy) is 4. The number of hydrogen-bond donors (Lipinski definition) is 1. The van der Waals surface area contributed by atoms with E-state index in [9.17, 15) is 9.90 Å². The molecule has 0 unspecified atom stereocenters. The van der Waals surface area contributed by atoms with Gasteiger partial charge in [-0.2, -0.15) is 0 Å². The highest BCUT2D eigenvalue weighted by Crippen LogP contribution is 2.42. The SMILES string of the molecule is Cc1ccc(C(=O)OC[C@H]2O[C@@H]3OC(C)(C)O[C@@H]3[C@]2(C)O)cc1. The van der Waals surface area contributed by atoms with Crippen LogP contribution in [-0.2, 0) is 18.9 Å². The van der Waals surface area contributed by atoms with Crippen molar-refractivity contribution in [1.82, 2.24) is 0 Å². The number of carbonyl (C=O) groups is 1. The van der Waals surface area contributed by atoms with E-state index in [1.165, 1.54) is 0 Å². The summed E-state index contributed by atoms with van der Waals surface area (Å²) in [4.78, 5) is 12.1. The van der Waals surface area contributed by atoms with Gasteiger partial charge < -0.3 is 24.1 Å². The molecule has 0 aromatic heterocycles. The molecule has 2 aliphatic heterocycles. The summed E-state index contributed by atoms with van der Waals surface area (Å²) in [6.45, 7) is 7.00. The van der Waals surface area contributed by atoms with Crippen LogP contribution in [0.15, 0.2) is 24.3 Å². The molecule has 2 aliphatic rings. The van der Waals surface area contributed by atoms with Gasteiger partial charge in [-0.25, -0.2) is 4.79 Å². The van der Waals surface area contributed by atoms with E-state index >= 15 is 0 Å². The molecule has 6 nitrogen and oxygen atoms in total. The van der Waals surface area contributed by atoms with Gasteiger partial charge in [0.25, 0.3) is 0 Å². The topological polar surface area (TPSA) is 74.2 Å². The summed E-state index contributed by atoms with van der Waals surface area (Å²) in [6.07, 6.45) is -1.98. The molecule has 2 saturated heterocycles. The third kappa shape index (κ3) is 3.12. The lowest BCUT2D eigenvalue weighted by atomic mass is 9.95. The fourth-order valence-corrected chi connectivity index (χ4v) is 2.84. The van der Waals surface area contributed by atoms with Gasteiger partial charge in [-0.1, -0.05) is 17.7 Å².